The van der Waals surface area contributed by atoms with Crippen molar-refractivity contribution >= 4 is 46.8 Å². The molecule has 29 heavy (non-hydrogen) atoms. The number of benzene rings is 2. The first-order valence-electron chi connectivity index (χ1n) is 8.38. The van der Waals surface area contributed by atoms with Crippen molar-refractivity contribution in [2.45, 2.75) is 11.8 Å². The number of hydrogen-bond acceptors (Lipinski definition) is 7. The number of halogens is 2. The Hall–Kier alpha value is -2.55. The van der Waals surface area contributed by atoms with Crippen LogP contribution in [0.2, 0.25) is 10.0 Å². The summed E-state index contributed by atoms with van der Waals surface area (Å²) in [6, 6.07) is 14.0. The van der Waals surface area contributed by atoms with Gasteiger partial charge in [0.15, 0.2) is 6.61 Å². The largest absolute Gasteiger partial charge is 0.455 e. The third-order valence-corrected chi connectivity index (χ3v) is 4.87. The molecule has 1 heterocycles. The molecule has 0 spiro atoms. The summed E-state index contributed by atoms with van der Waals surface area (Å²) in [5.74, 6) is -0.713. The van der Waals surface area contributed by atoms with Gasteiger partial charge in [0.05, 0.1) is 0 Å². The summed E-state index contributed by atoms with van der Waals surface area (Å²) in [5, 5.41) is 11.9. The number of carbonyl (C=O) groups excluding carboxylic acids is 2. The molecule has 0 aliphatic heterocycles. The van der Waals surface area contributed by atoms with Crippen LogP contribution in [0, 0.1) is 0 Å². The molecule has 1 amide bonds. The molecule has 0 saturated heterocycles. The van der Waals surface area contributed by atoms with Crippen LogP contribution in [-0.4, -0.2) is 34.4 Å². The minimum Gasteiger partial charge on any atom is -0.455 e. The first-order chi connectivity index (χ1) is 14.0. The Balaban J connectivity index is 1.38. The molecule has 0 aliphatic rings. The van der Waals surface area contributed by atoms with Gasteiger partial charge in [0.2, 0.25) is 5.89 Å². The van der Waals surface area contributed by atoms with Crippen LogP contribution in [0.25, 0.3) is 11.5 Å². The number of amides is 1. The van der Waals surface area contributed by atoms with Crippen LogP contribution in [0.4, 0.5) is 0 Å². The predicted molar refractivity (Wildman–Crippen MR) is 110 cm³/mol. The summed E-state index contributed by atoms with van der Waals surface area (Å²) in [6.07, 6.45) is 0. The molecule has 0 fully saturated rings. The Bertz CT molecular complexity index is 978. The molecular weight excluding hydrogens is 437 g/mol. The van der Waals surface area contributed by atoms with Crippen LogP contribution in [0.3, 0.4) is 0 Å². The number of nitrogens with zero attached hydrogens (tertiary/aromatic N) is 2. The Morgan fingerprint density at radius 3 is 2.34 bits per heavy atom. The number of hydrogen-bond donors (Lipinski definition) is 1. The monoisotopic (exact) mass is 451 g/mol. The summed E-state index contributed by atoms with van der Waals surface area (Å²) in [4.78, 5) is 23.6. The molecule has 150 valence electrons. The van der Waals surface area contributed by atoms with E-state index < -0.39 is 11.9 Å². The number of aromatic nitrogens is 2. The van der Waals surface area contributed by atoms with Crippen molar-refractivity contribution in [3.05, 3.63) is 64.1 Å². The van der Waals surface area contributed by atoms with E-state index in [-0.39, 0.29) is 17.6 Å². The van der Waals surface area contributed by atoms with Gasteiger partial charge in [-0.1, -0.05) is 47.1 Å². The third kappa shape index (κ3) is 6.77. The van der Waals surface area contributed by atoms with E-state index in [4.69, 9.17) is 32.4 Å². The highest BCUT2D eigenvalue weighted by Crippen LogP contribution is 2.24. The zero-order valence-electron chi connectivity index (χ0n) is 14.9. The van der Waals surface area contributed by atoms with Crippen LogP contribution >= 0.6 is 35.0 Å². The van der Waals surface area contributed by atoms with E-state index in [1.165, 1.54) is 0 Å². The van der Waals surface area contributed by atoms with Gasteiger partial charge in [0, 0.05) is 22.2 Å². The van der Waals surface area contributed by atoms with Gasteiger partial charge in [0.1, 0.15) is 5.75 Å². The van der Waals surface area contributed by atoms with Crippen molar-refractivity contribution in [2.75, 3.05) is 12.4 Å². The maximum atomic E-state index is 11.8. The lowest BCUT2D eigenvalue weighted by Gasteiger charge is -2.06. The number of carbonyl (C=O) groups is 2. The lowest BCUT2D eigenvalue weighted by molar-refractivity contribution is -0.145. The number of thioether (sulfide) groups is 1. The van der Waals surface area contributed by atoms with Crippen LogP contribution in [-0.2, 0) is 20.9 Å². The maximum absolute atomic E-state index is 11.8. The van der Waals surface area contributed by atoms with E-state index in [1.54, 1.807) is 48.5 Å². The standard InChI is InChI=1S/C19H15Cl2N3O4S/c20-14-5-1-12(2-6-14)9-22-16(25)10-27-17(26)11-29-19-24-23-18(28-19)13-3-7-15(21)8-4-13/h1-8H,9-11H2,(H,22,25). The highest BCUT2D eigenvalue weighted by Gasteiger charge is 2.13. The van der Waals surface area contributed by atoms with Gasteiger partial charge in [0.25, 0.3) is 11.1 Å². The smallest absolute Gasteiger partial charge is 0.316 e. The average Bonchev–Trinajstić information content (AvgIpc) is 3.20. The Morgan fingerprint density at radius 2 is 1.66 bits per heavy atom. The highest BCUT2D eigenvalue weighted by atomic mass is 35.5. The first kappa shape index (κ1) is 21.2. The molecule has 0 radical (unpaired) electrons. The molecule has 0 aliphatic carbocycles. The summed E-state index contributed by atoms with van der Waals surface area (Å²) in [7, 11) is 0. The molecule has 0 saturated carbocycles. The van der Waals surface area contributed by atoms with Crippen molar-refractivity contribution in [2.24, 2.45) is 0 Å². The summed E-state index contributed by atoms with van der Waals surface area (Å²) in [6.45, 7) is -0.0510. The summed E-state index contributed by atoms with van der Waals surface area (Å²) < 4.78 is 10.4. The van der Waals surface area contributed by atoms with Crippen LogP contribution in [0.5, 0.6) is 0 Å². The average molecular weight is 452 g/mol. The minimum absolute atomic E-state index is 0.0628. The zero-order chi connectivity index (χ0) is 20.6. The van der Waals surface area contributed by atoms with Crippen molar-refractivity contribution in [1.29, 1.82) is 0 Å². The summed E-state index contributed by atoms with van der Waals surface area (Å²) >= 11 is 12.7. The van der Waals surface area contributed by atoms with Gasteiger partial charge in [-0.05, 0) is 42.0 Å². The van der Waals surface area contributed by atoms with Gasteiger partial charge in [-0.3, -0.25) is 9.59 Å². The van der Waals surface area contributed by atoms with Crippen molar-refractivity contribution in [3.63, 3.8) is 0 Å². The molecule has 0 atom stereocenters. The first-order valence-corrected chi connectivity index (χ1v) is 10.1. The van der Waals surface area contributed by atoms with Crippen molar-refractivity contribution in [3.8, 4) is 11.5 Å². The third-order valence-electron chi connectivity index (χ3n) is 3.58. The fourth-order valence-corrected chi connectivity index (χ4v) is 2.95. The topological polar surface area (TPSA) is 94.3 Å². The number of esters is 1. The van der Waals surface area contributed by atoms with Gasteiger partial charge in [-0.15, -0.1) is 10.2 Å². The molecular formula is C19H15Cl2N3O4S. The van der Waals surface area contributed by atoms with Gasteiger partial charge >= 0.3 is 5.97 Å². The fraction of sp³-hybridized carbons (Fsp3) is 0.158. The Kier molecular flexibility index (Phi) is 7.51. The molecule has 1 aromatic heterocycles. The van der Waals surface area contributed by atoms with Gasteiger partial charge in [-0.25, -0.2) is 0 Å². The number of rotatable bonds is 8. The van der Waals surface area contributed by atoms with E-state index in [1.807, 2.05) is 0 Å². The molecule has 3 rings (SSSR count). The van der Waals surface area contributed by atoms with Crippen molar-refractivity contribution < 1.29 is 18.7 Å². The predicted octanol–water partition coefficient (Wildman–Crippen LogP) is 4.00. The van der Waals surface area contributed by atoms with Gasteiger partial charge in [-0.2, -0.15) is 0 Å². The molecule has 7 nitrogen and oxygen atoms in total. The van der Waals surface area contributed by atoms with E-state index in [2.05, 4.69) is 15.5 Å². The summed E-state index contributed by atoms with van der Waals surface area (Å²) in [5.41, 5.74) is 1.60. The minimum atomic E-state index is -0.567. The van der Waals surface area contributed by atoms with E-state index >= 15 is 0 Å². The fourth-order valence-electron chi connectivity index (χ4n) is 2.14. The van der Waals surface area contributed by atoms with Crippen molar-refractivity contribution in [1.82, 2.24) is 15.5 Å². The SMILES string of the molecule is O=C(COC(=O)CSc1nnc(-c2ccc(Cl)cc2)o1)NCc1ccc(Cl)cc1. The molecule has 1 N–H and O–H groups in total. The lowest BCUT2D eigenvalue weighted by Crippen LogP contribution is -2.28. The highest BCUT2D eigenvalue weighted by molar-refractivity contribution is 7.99. The normalized spacial score (nSPS) is 10.6. The van der Waals surface area contributed by atoms with E-state index in [0.717, 1.165) is 17.3 Å². The number of ether oxygens (including phenoxy) is 1. The lowest BCUT2D eigenvalue weighted by atomic mass is 10.2. The molecule has 0 unspecified atom stereocenters. The number of nitrogens with one attached hydrogen (secondary N) is 1. The van der Waals surface area contributed by atoms with Gasteiger partial charge < -0.3 is 14.5 Å². The van der Waals surface area contributed by atoms with Crippen LogP contribution < -0.4 is 5.32 Å². The maximum Gasteiger partial charge on any atom is 0.316 e. The molecule has 2 aromatic carbocycles. The second kappa shape index (κ2) is 10.3. The molecule has 0 bridgehead atoms. The quantitative estimate of drug-likeness (QED) is 0.408. The Morgan fingerprint density at radius 1 is 1.00 bits per heavy atom. The zero-order valence-corrected chi connectivity index (χ0v) is 17.3. The van der Waals surface area contributed by atoms with E-state index in [0.29, 0.717) is 28.0 Å². The van der Waals surface area contributed by atoms with Crippen LogP contribution in [0.15, 0.2) is 58.2 Å². The molecule has 3 aromatic rings. The second-order valence-corrected chi connectivity index (χ2v) is 7.53. The second-order valence-electron chi connectivity index (χ2n) is 5.73. The van der Waals surface area contributed by atoms with E-state index in [9.17, 15) is 9.59 Å². The molecule has 10 heteroatoms. The Labute approximate surface area is 180 Å². The van der Waals surface area contributed by atoms with Crippen LogP contribution in [0.1, 0.15) is 5.56 Å².